The maximum atomic E-state index is 12.2. The van der Waals surface area contributed by atoms with Crippen LogP contribution in [-0.4, -0.2) is 29.5 Å². The van der Waals surface area contributed by atoms with Gasteiger partial charge in [0.15, 0.2) is 0 Å². The smallest absolute Gasteiger partial charge is 0.225 e. The number of rotatable bonds is 4. The average Bonchev–Trinajstić information content (AvgIpc) is 2.86. The molecule has 0 aromatic carbocycles. The van der Waals surface area contributed by atoms with Crippen molar-refractivity contribution in [2.75, 3.05) is 12.8 Å². The molecule has 0 spiro atoms. The number of thioether (sulfide) groups is 1. The molecular formula is C13H24N2OS. The normalized spacial score (nSPS) is 36.2. The fourth-order valence-corrected chi connectivity index (χ4v) is 3.43. The lowest BCUT2D eigenvalue weighted by molar-refractivity contribution is -0.127. The lowest BCUT2D eigenvalue weighted by Gasteiger charge is -2.29. The lowest BCUT2D eigenvalue weighted by atomic mass is 9.84. The minimum Gasteiger partial charge on any atom is -0.354 e. The summed E-state index contributed by atoms with van der Waals surface area (Å²) in [5.74, 6) is 1.41. The van der Waals surface area contributed by atoms with Crippen LogP contribution in [0, 0.1) is 17.8 Å². The van der Waals surface area contributed by atoms with Gasteiger partial charge in [0.2, 0.25) is 5.91 Å². The Balaban J connectivity index is 1.89. The summed E-state index contributed by atoms with van der Waals surface area (Å²) in [6, 6.07) is 0.103. The van der Waals surface area contributed by atoms with Crippen LogP contribution in [0.4, 0.5) is 0 Å². The van der Waals surface area contributed by atoms with Crippen molar-refractivity contribution >= 4 is 17.7 Å². The highest BCUT2D eigenvalue weighted by molar-refractivity contribution is 7.99. The van der Waals surface area contributed by atoms with E-state index in [0.29, 0.717) is 11.8 Å². The summed E-state index contributed by atoms with van der Waals surface area (Å²) < 4.78 is 0.109. The molecule has 2 aliphatic rings. The second-order valence-electron chi connectivity index (χ2n) is 6.12. The van der Waals surface area contributed by atoms with Crippen LogP contribution < -0.4 is 11.1 Å². The molecule has 3 N–H and O–H groups in total. The maximum absolute atomic E-state index is 12.2. The third-order valence-electron chi connectivity index (χ3n) is 4.52. The minimum atomic E-state index is 0.0754. The Morgan fingerprint density at radius 2 is 2.06 bits per heavy atom. The standard InChI is InChI=1S/C13H24N2OS/c1-13(2,17-3)7-15-12(16)10-8-4-5-9(6-8)11(10)14/h8-11H,4-7,14H2,1-3H3,(H,15,16). The van der Waals surface area contributed by atoms with Gasteiger partial charge in [0.05, 0.1) is 5.92 Å². The van der Waals surface area contributed by atoms with E-state index in [4.69, 9.17) is 5.73 Å². The second kappa shape index (κ2) is 4.81. The Labute approximate surface area is 108 Å². The van der Waals surface area contributed by atoms with E-state index >= 15 is 0 Å². The molecule has 17 heavy (non-hydrogen) atoms. The van der Waals surface area contributed by atoms with Gasteiger partial charge in [-0.05, 0) is 51.2 Å². The summed E-state index contributed by atoms with van der Waals surface area (Å²) in [6.45, 7) is 5.03. The van der Waals surface area contributed by atoms with Crippen LogP contribution in [0.5, 0.6) is 0 Å². The molecule has 3 nitrogen and oxygen atoms in total. The maximum Gasteiger partial charge on any atom is 0.225 e. The monoisotopic (exact) mass is 256 g/mol. The number of hydrogen-bond acceptors (Lipinski definition) is 3. The summed E-state index contributed by atoms with van der Waals surface area (Å²) >= 11 is 1.78. The van der Waals surface area contributed by atoms with E-state index in [2.05, 4.69) is 25.4 Å². The molecule has 0 radical (unpaired) electrons. The number of hydrogen-bond donors (Lipinski definition) is 2. The second-order valence-corrected chi connectivity index (χ2v) is 7.63. The van der Waals surface area contributed by atoms with Crippen molar-refractivity contribution in [1.82, 2.24) is 5.32 Å². The van der Waals surface area contributed by atoms with Crippen LogP contribution in [-0.2, 0) is 4.79 Å². The highest BCUT2D eigenvalue weighted by Gasteiger charge is 2.49. The Hall–Kier alpha value is -0.220. The molecular weight excluding hydrogens is 232 g/mol. The molecule has 4 atom stereocenters. The highest BCUT2D eigenvalue weighted by atomic mass is 32.2. The minimum absolute atomic E-state index is 0.0754. The molecule has 98 valence electrons. The van der Waals surface area contributed by atoms with Gasteiger partial charge in [-0.3, -0.25) is 4.79 Å². The molecule has 1 amide bonds. The SMILES string of the molecule is CSC(C)(C)CNC(=O)C1C2CCC(C2)C1N. The third-order valence-corrected chi connectivity index (χ3v) is 5.77. The lowest BCUT2D eigenvalue weighted by Crippen LogP contribution is -2.47. The van der Waals surface area contributed by atoms with Gasteiger partial charge < -0.3 is 11.1 Å². The molecule has 0 aromatic rings. The zero-order valence-corrected chi connectivity index (χ0v) is 11.8. The molecule has 2 aliphatic carbocycles. The van der Waals surface area contributed by atoms with Crippen LogP contribution in [0.15, 0.2) is 0 Å². The van der Waals surface area contributed by atoms with E-state index in [0.717, 1.165) is 6.54 Å². The van der Waals surface area contributed by atoms with Crippen molar-refractivity contribution in [2.24, 2.45) is 23.5 Å². The van der Waals surface area contributed by atoms with Crippen molar-refractivity contribution in [3.8, 4) is 0 Å². The molecule has 0 aromatic heterocycles. The Morgan fingerprint density at radius 1 is 1.41 bits per heavy atom. The van der Waals surface area contributed by atoms with Gasteiger partial charge in [-0.15, -0.1) is 0 Å². The van der Waals surface area contributed by atoms with E-state index < -0.39 is 0 Å². The Bertz CT molecular complexity index is 304. The van der Waals surface area contributed by atoms with Crippen LogP contribution in [0.3, 0.4) is 0 Å². The van der Waals surface area contributed by atoms with Crippen molar-refractivity contribution in [2.45, 2.75) is 43.9 Å². The predicted octanol–water partition coefficient (Wildman–Crippen LogP) is 1.62. The van der Waals surface area contributed by atoms with Gasteiger partial charge in [-0.1, -0.05) is 0 Å². The molecule has 2 bridgehead atoms. The van der Waals surface area contributed by atoms with Gasteiger partial charge >= 0.3 is 0 Å². The summed E-state index contributed by atoms with van der Waals surface area (Å²) in [6.07, 6.45) is 5.68. The van der Waals surface area contributed by atoms with Crippen LogP contribution in [0.1, 0.15) is 33.1 Å². The average molecular weight is 256 g/mol. The molecule has 0 aliphatic heterocycles. The largest absolute Gasteiger partial charge is 0.354 e. The fraction of sp³-hybridized carbons (Fsp3) is 0.923. The van der Waals surface area contributed by atoms with Crippen LogP contribution in [0.25, 0.3) is 0 Å². The van der Waals surface area contributed by atoms with Crippen LogP contribution >= 0.6 is 11.8 Å². The summed E-state index contributed by atoms with van der Waals surface area (Å²) in [5, 5.41) is 3.09. The van der Waals surface area contributed by atoms with Gasteiger partial charge in [0, 0.05) is 17.3 Å². The number of nitrogens with one attached hydrogen (secondary N) is 1. The van der Waals surface area contributed by atoms with E-state index in [9.17, 15) is 4.79 Å². The number of fused-ring (bicyclic) bond motifs is 2. The quantitative estimate of drug-likeness (QED) is 0.803. The highest BCUT2D eigenvalue weighted by Crippen LogP contribution is 2.47. The number of carbonyl (C=O) groups is 1. The van der Waals surface area contributed by atoms with E-state index in [1.807, 2.05) is 0 Å². The molecule has 0 saturated heterocycles. The molecule has 2 fully saturated rings. The van der Waals surface area contributed by atoms with E-state index in [-0.39, 0.29) is 22.6 Å². The van der Waals surface area contributed by atoms with E-state index in [1.54, 1.807) is 11.8 Å². The molecule has 4 unspecified atom stereocenters. The molecule has 0 heterocycles. The topological polar surface area (TPSA) is 55.1 Å². The van der Waals surface area contributed by atoms with Crippen molar-refractivity contribution in [3.63, 3.8) is 0 Å². The van der Waals surface area contributed by atoms with Gasteiger partial charge in [-0.2, -0.15) is 11.8 Å². The first-order valence-electron chi connectivity index (χ1n) is 6.53. The first kappa shape index (κ1) is 13.2. The third kappa shape index (κ3) is 2.63. The number of carbonyl (C=O) groups excluding carboxylic acids is 1. The summed E-state index contributed by atoms with van der Waals surface area (Å²) in [5.41, 5.74) is 6.17. The summed E-state index contributed by atoms with van der Waals surface area (Å²) in [7, 11) is 0. The first-order chi connectivity index (χ1) is 7.94. The molecule has 2 saturated carbocycles. The van der Waals surface area contributed by atoms with Crippen molar-refractivity contribution < 1.29 is 4.79 Å². The molecule has 2 rings (SSSR count). The van der Waals surface area contributed by atoms with Gasteiger partial charge in [0.25, 0.3) is 0 Å². The first-order valence-corrected chi connectivity index (χ1v) is 7.75. The fourth-order valence-electron chi connectivity index (χ4n) is 3.21. The van der Waals surface area contributed by atoms with Crippen molar-refractivity contribution in [3.05, 3.63) is 0 Å². The molecule has 4 heteroatoms. The zero-order chi connectivity index (χ0) is 12.6. The van der Waals surface area contributed by atoms with Gasteiger partial charge in [-0.25, -0.2) is 0 Å². The van der Waals surface area contributed by atoms with E-state index in [1.165, 1.54) is 19.3 Å². The van der Waals surface area contributed by atoms with Crippen LogP contribution in [0.2, 0.25) is 0 Å². The Morgan fingerprint density at radius 3 is 2.59 bits per heavy atom. The zero-order valence-electron chi connectivity index (χ0n) is 11.0. The Kier molecular flexibility index (Phi) is 3.74. The predicted molar refractivity (Wildman–Crippen MR) is 72.9 cm³/mol. The number of amides is 1. The van der Waals surface area contributed by atoms with Crippen molar-refractivity contribution in [1.29, 1.82) is 0 Å². The number of nitrogens with two attached hydrogens (primary N) is 1. The van der Waals surface area contributed by atoms with Gasteiger partial charge in [0.1, 0.15) is 0 Å². The summed E-state index contributed by atoms with van der Waals surface area (Å²) in [4.78, 5) is 12.2.